The van der Waals surface area contributed by atoms with E-state index in [0.717, 1.165) is 25.1 Å². The average Bonchev–Trinajstić information content (AvgIpc) is 2.68. The van der Waals surface area contributed by atoms with Gasteiger partial charge in [-0.25, -0.2) is 0 Å². The number of nitrogens with zero attached hydrogens (tertiary/aromatic N) is 1. The number of hydrogen-bond acceptors (Lipinski definition) is 5. The number of methoxy groups -OCH3 is 1. The number of piperidine rings is 1. The summed E-state index contributed by atoms with van der Waals surface area (Å²) in [7, 11) is 3.62. The molecule has 1 saturated heterocycles. The molecule has 140 valence electrons. The minimum absolute atomic E-state index is 0.0563. The number of phenolic OH excluding ortho intramolecular Hbond substituents is 1. The molecule has 1 aromatic heterocycles. The van der Waals surface area contributed by atoms with Gasteiger partial charge in [0.1, 0.15) is 11.3 Å². The first-order chi connectivity index (χ1) is 13.1. The maximum atomic E-state index is 12.8. The highest BCUT2D eigenvalue weighted by atomic mass is 16.5. The molecule has 0 amide bonds. The summed E-state index contributed by atoms with van der Waals surface area (Å²) >= 11 is 0. The van der Waals surface area contributed by atoms with Gasteiger partial charge in [0.2, 0.25) is 11.2 Å². The number of aromatic hydroxyl groups is 1. The quantitative estimate of drug-likeness (QED) is 0.761. The molecule has 5 nitrogen and oxygen atoms in total. The van der Waals surface area contributed by atoms with E-state index in [2.05, 4.69) is 24.1 Å². The van der Waals surface area contributed by atoms with Gasteiger partial charge < -0.3 is 19.2 Å². The number of likely N-dealkylation sites (tertiary alicyclic amines) is 1. The highest BCUT2D eigenvalue weighted by Crippen LogP contribution is 2.34. The number of benzene rings is 2. The van der Waals surface area contributed by atoms with Crippen molar-refractivity contribution in [2.45, 2.75) is 18.8 Å². The van der Waals surface area contributed by atoms with Crippen molar-refractivity contribution in [3.05, 3.63) is 58.3 Å². The molecule has 4 rings (SSSR count). The van der Waals surface area contributed by atoms with Crippen molar-refractivity contribution < 1.29 is 14.3 Å². The van der Waals surface area contributed by atoms with Gasteiger partial charge >= 0.3 is 0 Å². The summed E-state index contributed by atoms with van der Waals surface area (Å²) in [5.74, 6) is 1.10. The van der Waals surface area contributed by atoms with Crippen LogP contribution in [0.25, 0.3) is 22.3 Å². The van der Waals surface area contributed by atoms with Crippen LogP contribution < -0.4 is 10.2 Å². The van der Waals surface area contributed by atoms with Gasteiger partial charge in [-0.2, -0.15) is 0 Å². The average molecular weight is 365 g/mol. The summed E-state index contributed by atoms with van der Waals surface area (Å²) < 4.78 is 11.4. The summed E-state index contributed by atoms with van der Waals surface area (Å²) in [6.45, 7) is 2.16. The number of ether oxygens (including phenoxy) is 1. The number of phenols is 1. The van der Waals surface area contributed by atoms with Crippen LogP contribution in [0.2, 0.25) is 0 Å². The molecule has 2 aromatic carbocycles. The second-order valence-electron chi connectivity index (χ2n) is 7.20. The van der Waals surface area contributed by atoms with Crippen LogP contribution in [0.5, 0.6) is 11.5 Å². The zero-order chi connectivity index (χ0) is 19.0. The Morgan fingerprint density at radius 2 is 2.07 bits per heavy atom. The van der Waals surface area contributed by atoms with Crippen molar-refractivity contribution in [1.29, 1.82) is 0 Å². The first-order valence-electron chi connectivity index (χ1n) is 9.19. The van der Waals surface area contributed by atoms with Crippen molar-refractivity contribution in [3.63, 3.8) is 0 Å². The van der Waals surface area contributed by atoms with E-state index in [-0.39, 0.29) is 16.9 Å². The maximum absolute atomic E-state index is 12.8. The smallest absolute Gasteiger partial charge is 0.235 e. The molecule has 3 aromatic rings. The number of fused-ring (bicyclic) bond motifs is 1. The Labute approximate surface area is 157 Å². The number of hydrogen-bond donors (Lipinski definition) is 1. The van der Waals surface area contributed by atoms with E-state index >= 15 is 0 Å². The molecule has 0 spiro atoms. The first kappa shape index (κ1) is 17.6. The van der Waals surface area contributed by atoms with Crippen LogP contribution in [0.1, 0.15) is 24.3 Å². The van der Waals surface area contributed by atoms with Crippen LogP contribution in [0.3, 0.4) is 0 Å². The fourth-order valence-corrected chi connectivity index (χ4v) is 3.91. The zero-order valence-corrected chi connectivity index (χ0v) is 15.6. The third kappa shape index (κ3) is 3.30. The van der Waals surface area contributed by atoms with Crippen LogP contribution in [0.4, 0.5) is 0 Å². The molecule has 1 aliphatic rings. The van der Waals surface area contributed by atoms with Gasteiger partial charge in [0.25, 0.3) is 0 Å². The highest BCUT2D eigenvalue weighted by Gasteiger charge is 2.21. The predicted octanol–water partition coefficient (Wildman–Crippen LogP) is 3.98. The molecule has 5 heteroatoms. The van der Waals surface area contributed by atoms with Crippen molar-refractivity contribution in [3.8, 4) is 22.8 Å². The molecule has 0 aliphatic carbocycles. The Kier molecular flexibility index (Phi) is 4.62. The van der Waals surface area contributed by atoms with Crippen LogP contribution in [0, 0.1) is 0 Å². The van der Waals surface area contributed by atoms with Crippen LogP contribution >= 0.6 is 0 Å². The van der Waals surface area contributed by atoms with E-state index in [9.17, 15) is 9.90 Å². The lowest BCUT2D eigenvalue weighted by Gasteiger charge is -2.30. The molecule has 0 saturated carbocycles. The fourth-order valence-electron chi connectivity index (χ4n) is 3.91. The molecule has 0 bridgehead atoms. The van der Waals surface area contributed by atoms with Gasteiger partial charge in [-0.1, -0.05) is 18.2 Å². The highest BCUT2D eigenvalue weighted by molar-refractivity contribution is 5.83. The Morgan fingerprint density at radius 1 is 1.22 bits per heavy atom. The van der Waals surface area contributed by atoms with Gasteiger partial charge in [-0.3, -0.25) is 4.79 Å². The normalized spacial score (nSPS) is 17.9. The Balaban J connectivity index is 1.84. The standard InChI is InChI=1S/C22H23NO4/c1-23-10-4-7-16(13-23)14-5-3-6-15(11-14)21-22(26-2)20(25)18-9-8-17(24)12-19(18)27-21/h3,5-6,8-9,11-12,16,24H,4,7,10,13H2,1-2H3. The van der Waals surface area contributed by atoms with Gasteiger partial charge in [-0.15, -0.1) is 0 Å². The molecule has 2 heterocycles. The number of rotatable bonds is 3. The predicted molar refractivity (Wildman–Crippen MR) is 106 cm³/mol. The van der Waals surface area contributed by atoms with E-state index in [0.29, 0.717) is 22.6 Å². The Bertz CT molecular complexity index is 1040. The van der Waals surface area contributed by atoms with E-state index in [1.54, 1.807) is 6.07 Å². The number of likely N-dealkylation sites (N-methyl/N-ethyl adjacent to an activating group) is 1. The van der Waals surface area contributed by atoms with Crippen molar-refractivity contribution in [1.82, 2.24) is 4.90 Å². The Hall–Kier alpha value is -2.79. The van der Waals surface area contributed by atoms with Gasteiger partial charge in [-0.05, 0) is 56.1 Å². The third-order valence-corrected chi connectivity index (χ3v) is 5.28. The van der Waals surface area contributed by atoms with Crippen LogP contribution in [-0.2, 0) is 0 Å². The second-order valence-corrected chi connectivity index (χ2v) is 7.20. The minimum Gasteiger partial charge on any atom is -0.508 e. The topological polar surface area (TPSA) is 62.9 Å². The van der Waals surface area contributed by atoms with Crippen molar-refractivity contribution in [2.24, 2.45) is 0 Å². The van der Waals surface area contributed by atoms with Crippen LogP contribution in [0.15, 0.2) is 51.7 Å². The first-order valence-corrected chi connectivity index (χ1v) is 9.19. The summed E-state index contributed by atoms with van der Waals surface area (Å²) in [6, 6.07) is 12.6. The Morgan fingerprint density at radius 3 is 2.85 bits per heavy atom. The largest absolute Gasteiger partial charge is 0.508 e. The second kappa shape index (κ2) is 7.08. The lowest BCUT2D eigenvalue weighted by atomic mass is 9.89. The van der Waals surface area contributed by atoms with E-state index in [4.69, 9.17) is 9.15 Å². The van der Waals surface area contributed by atoms with Gasteiger partial charge in [0, 0.05) is 18.2 Å². The molecule has 0 radical (unpaired) electrons. The lowest BCUT2D eigenvalue weighted by molar-refractivity contribution is 0.251. The molecule has 1 N–H and O–H groups in total. The molecule has 1 atom stereocenters. The minimum atomic E-state index is -0.239. The third-order valence-electron chi connectivity index (χ3n) is 5.28. The van der Waals surface area contributed by atoms with Crippen molar-refractivity contribution in [2.75, 3.05) is 27.2 Å². The van der Waals surface area contributed by atoms with E-state index in [1.165, 1.54) is 31.2 Å². The van der Waals surface area contributed by atoms with Gasteiger partial charge in [0.05, 0.1) is 12.5 Å². The molecule has 27 heavy (non-hydrogen) atoms. The molecule has 1 unspecified atom stereocenters. The van der Waals surface area contributed by atoms with Crippen LogP contribution in [-0.4, -0.2) is 37.3 Å². The monoisotopic (exact) mass is 365 g/mol. The summed E-state index contributed by atoms with van der Waals surface area (Å²) in [5.41, 5.74) is 2.15. The fraction of sp³-hybridized carbons (Fsp3) is 0.318. The lowest BCUT2D eigenvalue weighted by Crippen LogP contribution is -2.30. The maximum Gasteiger partial charge on any atom is 0.235 e. The molecule has 1 aliphatic heterocycles. The van der Waals surface area contributed by atoms with Gasteiger partial charge in [0.15, 0.2) is 5.76 Å². The summed E-state index contributed by atoms with van der Waals surface area (Å²) in [4.78, 5) is 15.2. The molecule has 1 fully saturated rings. The van der Waals surface area contributed by atoms with E-state index < -0.39 is 0 Å². The van der Waals surface area contributed by atoms with Crippen molar-refractivity contribution >= 4 is 11.0 Å². The zero-order valence-electron chi connectivity index (χ0n) is 15.6. The SMILES string of the molecule is COc1c(-c2cccc(C3CCCN(C)C3)c2)oc2cc(O)ccc2c1=O. The summed E-state index contributed by atoms with van der Waals surface area (Å²) in [6.07, 6.45) is 2.33. The molecular weight excluding hydrogens is 342 g/mol. The molecular formula is C22H23NO4. The van der Waals surface area contributed by atoms with E-state index in [1.807, 2.05) is 12.1 Å². The summed E-state index contributed by atoms with van der Waals surface area (Å²) in [5, 5.41) is 10.1.